The van der Waals surface area contributed by atoms with Gasteiger partial charge in [-0.2, -0.15) is 0 Å². The summed E-state index contributed by atoms with van der Waals surface area (Å²) in [6, 6.07) is 15.3. The van der Waals surface area contributed by atoms with Crippen LogP contribution in [0.2, 0.25) is 0 Å². The molecule has 0 saturated carbocycles. The SMILES string of the molecule is Cc1cccc(OCCSc2ccc(O)cc2)c1. The summed E-state index contributed by atoms with van der Waals surface area (Å²) in [6.07, 6.45) is 0. The maximum atomic E-state index is 9.17. The molecule has 0 heterocycles. The Kier molecular flexibility index (Phi) is 4.53. The summed E-state index contributed by atoms with van der Waals surface area (Å²) in [4.78, 5) is 1.14. The van der Waals surface area contributed by atoms with Gasteiger partial charge in [0.2, 0.25) is 0 Å². The molecule has 0 unspecified atom stereocenters. The second kappa shape index (κ2) is 6.36. The van der Waals surface area contributed by atoms with Gasteiger partial charge in [0.15, 0.2) is 0 Å². The van der Waals surface area contributed by atoms with Crippen LogP contribution in [0.3, 0.4) is 0 Å². The van der Waals surface area contributed by atoms with Crippen molar-refractivity contribution in [3.8, 4) is 11.5 Å². The van der Waals surface area contributed by atoms with Crippen LogP contribution in [0.4, 0.5) is 0 Å². The predicted molar refractivity (Wildman–Crippen MR) is 75.5 cm³/mol. The zero-order valence-electron chi connectivity index (χ0n) is 10.3. The second-order valence-corrected chi connectivity index (χ2v) is 5.18. The summed E-state index contributed by atoms with van der Waals surface area (Å²) in [5.74, 6) is 2.11. The van der Waals surface area contributed by atoms with Crippen molar-refractivity contribution < 1.29 is 9.84 Å². The van der Waals surface area contributed by atoms with E-state index in [0.29, 0.717) is 12.4 Å². The summed E-state index contributed by atoms with van der Waals surface area (Å²) in [6.45, 7) is 2.73. The van der Waals surface area contributed by atoms with Crippen molar-refractivity contribution in [3.63, 3.8) is 0 Å². The number of rotatable bonds is 5. The van der Waals surface area contributed by atoms with Gasteiger partial charge >= 0.3 is 0 Å². The Hall–Kier alpha value is -1.61. The lowest BCUT2D eigenvalue weighted by atomic mass is 10.2. The Morgan fingerprint density at radius 2 is 1.89 bits per heavy atom. The standard InChI is InChI=1S/C15H16O2S/c1-12-3-2-4-14(11-12)17-9-10-18-15-7-5-13(16)6-8-15/h2-8,11,16H,9-10H2,1H3. The van der Waals surface area contributed by atoms with Crippen LogP contribution in [0.1, 0.15) is 5.56 Å². The fourth-order valence-electron chi connectivity index (χ4n) is 1.57. The molecule has 2 nitrogen and oxygen atoms in total. The number of phenols is 1. The van der Waals surface area contributed by atoms with Crippen LogP contribution in [-0.2, 0) is 0 Å². The first-order valence-corrected chi connectivity index (χ1v) is 6.84. The molecule has 94 valence electrons. The molecule has 0 saturated heterocycles. The molecule has 0 aliphatic carbocycles. The van der Waals surface area contributed by atoms with Gasteiger partial charge in [0.25, 0.3) is 0 Å². The van der Waals surface area contributed by atoms with Crippen molar-refractivity contribution in [2.45, 2.75) is 11.8 Å². The van der Waals surface area contributed by atoms with E-state index in [2.05, 4.69) is 13.0 Å². The highest BCUT2D eigenvalue weighted by Crippen LogP contribution is 2.21. The number of aryl methyl sites for hydroxylation is 1. The number of ether oxygens (including phenoxy) is 1. The normalized spacial score (nSPS) is 10.3. The van der Waals surface area contributed by atoms with Crippen molar-refractivity contribution in [2.75, 3.05) is 12.4 Å². The minimum Gasteiger partial charge on any atom is -0.508 e. The van der Waals surface area contributed by atoms with Crippen LogP contribution < -0.4 is 4.74 Å². The smallest absolute Gasteiger partial charge is 0.119 e. The monoisotopic (exact) mass is 260 g/mol. The molecule has 0 fully saturated rings. The molecule has 2 aromatic carbocycles. The third-order valence-corrected chi connectivity index (χ3v) is 3.42. The van der Waals surface area contributed by atoms with E-state index in [-0.39, 0.29) is 0 Å². The summed E-state index contributed by atoms with van der Waals surface area (Å²) < 4.78 is 5.66. The minimum absolute atomic E-state index is 0.301. The minimum atomic E-state index is 0.301. The van der Waals surface area contributed by atoms with E-state index >= 15 is 0 Å². The van der Waals surface area contributed by atoms with Crippen LogP contribution >= 0.6 is 11.8 Å². The topological polar surface area (TPSA) is 29.5 Å². The number of phenolic OH excluding ortho intramolecular Hbond substituents is 1. The molecule has 0 aliphatic rings. The van der Waals surface area contributed by atoms with E-state index in [4.69, 9.17) is 9.84 Å². The molecule has 0 aliphatic heterocycles. The predicted octanol–water partition coefficient (Wildman–Crippen LogP) is 3.87. The third kappa shape index (κ3) is 4.00. The maximum absolute atomic E-state index is 9.17. The first-order valence-electron chi connectivity index (χ1n) is 5.85. The summed E-state index contributed by atoms with van der Waals surface area (Å²) in [7, 11) is 0. The molecule has 0 spiro atoms. The van der Waals surface area contributed by atoms with E-state index in [1.54, 1.807) is 23.9 Å². The summed E-state index contributed by atoms with van der Waals surface area (Å²) in [5, 5.41) is 9.17. The van der Waals surface area contributed by atoms with Crippen LogP contribution in [0, 0.1) is 6.92 Å². The summed E-state index contributed by atoms with van der Waals surface area (Å²) in [5.41, 5.74) is 1.21. The van der Waals surface area contributed by atoms with Crippen molar-refractivity contribution in [1.29, 1.82) is 0 Å². The Morgan fingerprint density at radius 1 is 1.11 bits per heavy atom. The molecule has 0 radical (unpaired) electrons. The number of hydrogen-bond acceptors (Lipinski definition) is 3. The van der Waals surface area contributed by atoms with Crippen molar-refractivity contribution >= 4 is 11.8 Å². The molecular weight excluding hydrogens is 244 g/mol. The molecule has 2 rings (SSSR count). The molecule has 18 heavy (non-hydrogen) atoms. The van der Waals surface area contributed by atoms with Gasteiger partial charge in [-0.1, -0.05) is 12.1 Å². The van der Waals surface area contributed by atoms with Crippen molar-refractivity contribution in [1.82, 2.24) is 0 Å². The van der Waals surface area contributed by atoms with E-state index in [1.807, 2.05) is 30.3 Å². The number of thioether (sulfide) groups is 1. The van der Waals surface area contributed by atoms with Gasteiger partial charge in [-0.3, -0.25) is 0 Å². The van der Waals surface area contributed by atoms with Gasteiger partial charge in [0.1, 0.15) is 11.5 Å². The molecule has 0 aromatic heterocycles. The second-order valence-electron chi connectivity index (χ2n) is 4.01. The van der Waals surface area contributed by atoms with Gasteiger partial charge in [0.05, 0.1) is 6.61 Å². The average Bonchev–Trinajstić information content (AvgIpc) is 2.37. The van der Waals surface area contributed by atoms with Crippen molar-refractivity contribution in [2.24, 2.45) is 0 Å². The Balaban J connectivity index is 1.74. The van der Waals surface area contributed by atoms with E-state index in [0.717, 1.165) is 16.4 Å². The zero-order chi connectivity index (χ0) is 12.8. The first-order chi connectivity index (χ1) is 8.74. The highest BCUT2D eigenvalue weighted by atomic mass is 32.2. The Labute approximate surface area is 112 Å². The fourth-order valence-corrected chi connectivity index (χ4v) is 2.30. The molecule has 1 N–H and O–H groups in total. The molecule has 0 bridgehead atoms. The molecule has 2 aromatic rings. The van der Waals surface area contributed by atoms with E-state index in [9.17, 15) is 0 Å². The lowest BCUT2D eigenvalue weighted by molar-refractivity contribution is 0.344. The quantitative estimate of drug-likeness (QED) is 0.653. The van der Waals surface area contributed by atoms with Crippen LogP contribution in [-0.4, -0.2) is 17.5 Å². The molecule has 3 heteroatoms. The third-order valence-electron chi connectivity index (χ3n) is 2.45. The summed E-state index contributed by atoms with van der Waals surface area (Å²) >= 11 is 1.72. The highest BCUT2D eigenvalue weighted by Gasteiger charge is 1.96. The molecular formula is C15H16O2S. The van der Waals surface area contributed by atoms with Crippen LogP contribution in [0.15, 0.2) is 53.4 Å². The van der Waals surface area contributed by atoms with Crippen molar-refractivity contribution in [3.05, 3.63) is 54.1 Å². The number of hydrogen-bond donors (Lipinski definition) is 1. The Morgan fingerprint density at radius 3 is 2.61 bits per heavy atom. The first kappa shape index (κ1) is 12.8. The molecule has 0 amide bonds. The lowest BCUT2D eigenvalue weighted by Gasteiger charge is -2.06. The van der Waals surface area contributed by atoms with Crippen LogP contribution in [0.25, 0.3) is 0 Å². The number of aromatic hydroxyl groups is 1. The molecule has 0 atom stereocenters. The highest BCUT2D eigenvalue weighted by molar-refractivity contribution is 7.99. The Bertz CT molecular complexity index is 494. The fraction of sp³-hybridized carbons (Fsp3) is 0.200. The van der Waals surface area contributed by atoms with Gasteiger partial charge < -0.3 is 9.84 Å². The largest absolute Gasteiger partial charge is 0.508 e. The maximum Gasteiger partial charge on any atom is 0.119 e. The lowest BCUT2D eigenvalue weighted by Crippen LogP contribution is -1.99. The van der Waals surface area contributed by atoms with Crippen LogP contribution in [0.5, 0.6) is 11.5 Å². The average molecular weight is 260 g/mol. The van der Waals surface area contributed by atoms with Gasteiger partial charge in [-0.15, -0.1) is 11.8 Å². The van der Waals surface area contributed by atoms with E-state index < -0.39 is 0 Å². The van der Waals surface area contributed by atoms with E-state index in [1.165, 1.54) is 5.56 Å². The van der Waals surface area contributed by atoms with Gasteiger partial charge in [0, 0.05) is 10.6 Å². The van der Waals surface area contributed by atoms with Gasteiger partial charge in [-0.05, 0) is 48.9 Å². The van der Waals surface area contributed by atoms with Gasteiger partial charge in [-0.25, -0.2) is 0 Å². The number of benzene rings is 2. The zero-order valence-corrected chi connectivity index (χ0v) is 11.1.